The molecule has 1 N–H and O–H groups in total. The molecule has 3 aromatic rings. The van der Waals surface area contributed by atoms with E-state index in [2.05, 4.69) is 55.5 Å². The molecule has 0 aliphatic rings. The van der Waals surface area contributed by atoms with E-state index >= 15 is 0 Å². The molecule has 0 saturated heterocycles. The molecular weight excluding hydrogens is 374 g/mol. The topological polar surface area (TPSA) is 64.0 Å². The quantitative estimate of drug-likeness (QED) is 0.610. The van der Waals surface area contributed by atoms with Crippen LogP contribution in [0.5, 0.6) is 0 Å². The highest BCUT2D eigenvalue weighted by molar-refractivity contribution is 5.75. The zero-order valence-electron chi connectivity index (χ0n) is 17.9. The minimum absolute atomic E-state index is 0.102. The van der Waals surface area contributed by atoms with E-state index in [0.717, 1.165) is 23.2 Å². The van der Waals surface area contributed by atoms with Crippen molar-refractivity contribution in [3.63, 3.8) is 0 Å². The van der Waals surface area contributed by atoms with Crippen molar-refractivity contribution in [1.29, 1.82) is 0 Å². The van der Waals surface area contributed by atoms with Gasteiger partial charge in [0.2, 0.25) is 5.91 Å². The van der Waals surface area contributed by atoms with Crippen molar-refractivity contribution >= 4 is 5.91 Å². The van der Waals surface area contributed by atoms with E-state index in [0.29, 0.717) is 12.5 Å². The van der Waals surface area contributed by atoms with Crippen LogP contribution < -0.4 is 10.9 Å². The first-order valence-electron chi connectivity index (χ1n) is 10.5. The molecule has 5 nitrogen and oxygen atoms in total. The lowest BCUT2D eigenvalue weighted by Crippen LogP contribution is -2.28. The van der Waals surface area contributed by atoms with Crippen molar-refractivity contribution in [2.24, 2.45) is 0 Å². The van der Waals surface area contributed by atoms with Crippen LogP contribution in [0.25, 0.3) is 11.3 Å². The molecule has 1 aromatic heterocycles. The minimum atomic E-state index is -0.208. The molecule has 1 heterocycles. The predicted molar refractivity (Wildman–Crippen MR) is 120 cm³/mol. The fourth-order valence-corrected chi connectivity index (χ4v) is 3.19. The number of hydrogen-bond acceptors (Lipinski definition) is 3. The molecule has 0 saturated carbocycles. The summed E-state index contributed by atoms with van der Waals surface area (Å²) in [5, 5.41) is 7.36. The van der Waals surface area contributed by atoms with Crippen LogP contribution in [0.3, 0.4) is 0 Å². The highest BCUT2D eigenvalue weighted by Gasteiger charge is 2.08. The number of nitrogens with one attached hydrogen (secondary N) is 1. The van der Waals surface area contributed by atoms with E-state index in [1.54, 1.807) is 6.07 Å². The van der Waals surface area contributed by atoms with Crippen molar-refractivity contribution in [2.75, 3.05) is 0 Å². The van der Waals surface area contributed by atoms with Crippen LogP contribution in [-0.4, -0.2) is 15.7 Å². The summed E-state index contributed by atoms with van der Waals surface area (Å²) < 4.78 is 1.36. The summed E-state index contributed by atoms with van der Waals surface area (Å²) >= 11 is 0. The van der Waals surface area contributed by atoms with Crippen LogP contribution >= 0.6 is 0 Å². The number of carbonyl (C=O) groups is 1. The molecule has 0 aliphatic heterocycles. The fraction of sp³-hybridized carbons (Fsp3) is 0.320. The largest absolute Gasteiger partial charge is 0.352 e. The number of benzene rings is 2. The van der Waals surface area contributed by atoms with Gasteiger partial charge in [-0.3, -0.25) is 9.59 Å². The zero-order valence-corrected chi connectivity index (χ0v) is 17.9. The molecule has 0 atom stereocenters. The van der Waals surface area contributed by atoms with Gasteiger partial charge >= 0.3 is 0 Å². The number of aromatic nitrogens is 2. The first kappa shape index (κ1) is 21.5. The lowest BCUT2D eigenvalue weighted by atomic mass is 10.0. The molecule has 0 spiro atoms. The molecule has 0 unspecified atom stereocenters. The highest BCUT2D eigenvalue weighted by atomic mass is 16.2. The second-order valence-corrected chi connectivity index (χ2v) is 7.75. The van der Waals surface area contributed by atoms with Gasteiger partial charge in [0, 0.05) is 24.6 Å². The molecular formula is C25H29N3O2. The number of rotatable bonds is 8. The highest BCUT2D eigenvalue weighted by Crippen LogP contribution is 2.20. The van der Waals surface area contributed by atoms with Crippen molar-refractivity contribution in [3.8, 4) is 11.3 Å². The fourth-order valence-electron chi connectivity index (χ4n) is 3.19. The molecule has 0 fully saturated rings. The maximum atomic E-state index is 12.2. The third-order valence-electron chi connectivity index (χ3n) is 5.21. The Morgan fingerprint density at radius 3 is 2.27 bits per heavy atom. The van der Waals surface area contributed by atoms with E-state index < -0.39 is 0 Å². The molecule has 3 rings (SSSR count). The standard InChI is InChI=1S/C25H29N3O2/c1-4-19-5-7-20(8-6-19)17-26-24(29)15-16-28-25(30)14-13-23(27-28)22-11-9-21(10-12-22)18(2)3/h5-14,18H,4,15-17H2,1-3H3,(H,26,29). The van der Waals surface area contributed by atoms with Crippen LogP contribution in [0, 0.1) is 0 Å². The second kappa shape index (κ2) is 10.0. The summed E-state index contributed by atoms with van der Waals surface area (Å²) in [6.07, 6.45) is 1.20. The third-order valence-corrected chi connectivity index (χ3v) is 5.21. The van der Waals surface area contributed by atoms with E-state index in [1.165, 1.54) is 21.9 Å². The molecule has 0 radical (unpaired) electrons. The minimum Gasteiger partial charge on any atom is -0.352 e. The lowest BCUT2D eigenvalue weighted by Gasteiger charge is -2.10. The van der Waals surface area contributed by atoms with Gasteiger partial charge in [-0.15, -0.1) is 0 Å². The van der Waals surface area contributed by atoms with E-state index in [1.807, 2.05) is 24.3 Å². The number of carbonyl (C=O) groups excluding carboxylic acids is 1. The van der Waals surface area contributed by atoms with Gasteiger partial charge < -0.3 is 5.32 Å². The first-order chi connectivity index (χ1) is 14.5. The Bertz CT molecular complexity index is 1040. The average Bonchev–Trinajstić information content (AvgIpc) is 2.77. The Morgan fingerprint density at radius 2 is 1.63 bits per heavy atom. The van der Waals surface area contributed by atoms with Crippen molar-refractivity contribution in [3.05, 3.63) is 87.7 Å². The molecule has 2 aromatic carbocycles. The Balaban J connectivity index is 1.59. The lowest BCUT2D eigenvalue weighted by molar-refractivity contribution is -0.121. The predicted octanol–water partition coefficient (Wildman–Crippen LogP) is 4.30. The molecule has 30 heavy (non-hydrogen) atoms. The van der Waals surface area contributed by atoms with Gasteiger partial charge in [0.25, 0.3) is 5.56 Å². The van der Waals surface area contributed by atoms with Crippen LogP contribution in [-0.2, 0) is 24.3 Å². The molecule has 5 heteroatoms. The van der Waals surface area contributed by atoms with Crippen LogP contribution in [0.2, 0.25) is 0 Å². The zero-order chi connectivity index (χ0) is 21.5. The maximum Gasteiger partial charge on any atom is 0.266 e. The summed E-state index contributed by atoms with van der Waals surface area (Å²) in [5.74, 6) is 0.360. The second-order valence-electron chi connectivity index (χ2n) is 7.75. The summed E-state index contributed by atoms with van der Waals surface area (Å²) in [5.41, 5.74) is 5.06. The smallest absolute Gasteiger partial charge is 0.266 e. The maximum absolute atomic E-state index is 12.2. The number of amides is 1. The van der Waals surface area contributed by atoms with Gasteiger partial charge in [0.1, 0.15) is 0 Å². The van der Waals surface area contributed by atoms with Gasteiger partial charge in [0.05, 0.1) is 12.2 Å². The molecule has 156 valence electrons. The summed E-state index contributed by atoms with van der Waals surface area (Å²) in [6, 6.07) is 19.6. The van der Waals surface area contributed by atoms with E-state index in [9.17, 15) is 9.59 Å². The van der Waals surface area contributed by atoms with E-state index in [-0.39, 0.29) is 24.4 Å². The number of aryl methyl sites for hydroxylation is 2. The Labute approximate surface area is 177 Å². The average molecular weight is 404 g/mol. The van der Waals surface area contributed by atoms with Gasteiger partial charge in [-0.25, -0.2) is 4.68 Å². The normalized spacial score (nSPS) is 10.9. The third kappa shape index (κ3) is 5.66. The summed E-state index contributed by atoms with van der Waals surface area (Å²) in [7, 11) is 0. The first-order valence-corrected chi connectivity index (χ1v) is 10.5. The number of hydrogen-bond donors (Lipinski definition) is 1. The van der Waals surface area contributed by atoms with Crippen molar-refractivity contribution in [2.45, 2.75) is 52.6 Å². The Hall–Kier alpha value is -3.21. The molecule has 1 amide bonds. The van der Waals surface area contributed by atoms with Crippen molar-refractivity contribution < 1.29 is 4.79 Å². The van der Waals surface area contributed by atoms with Crippen molar-refractivity contribution in [1.82, 2.24) is 15.1 Å². The van der Waals surface area contributed by atoms with Gasteiger partial charge in [0.15, 0.2) is 0 Å². The Morgan fingerprint density at radius 1 is 0.967 bits per heavy atom. The molecule has 0 aliphatic carbocycles. The number of nitrogens with zero attached hydrogens (tertiary/aromatic N) is 2. The SMILES string of the molecule is CCc1ccc(CNC(=O)CCn2nc(-c3ccc(C(C)C)cc3)ccc2=O)cc1. The Kier molecular flexibility index (Phi) is 7.17. The summed E-state index contributed by atoms with van der Waals surface area (Å²) in [6.45, 7) is 7.14. The van der Waals surface area contributed by atoms with Crippen LogP contribution in [0.1, 0.15) is 49.8 Å². The van der Waals surface area contributed by atoms with Gasteiger partial charge in [-0.2, -0.15) is 5.10 Å². The van der Waals surface area contributed by atoms with Crippen LogP contribution in [0.4, 0.5) is 0 Å². The van der Waals surface area contributed by atoms with Gasteiger partial charge in [-0.1, -0.05) is 69.3 Å². The van der Waals surface area contributed by atoms with Crippen LogP contribution in [0.15, 0.2) is 65.5 Å². The van der Waals surface area contributed by atoms with Gasteiger partial charge in [-0.05, 0) is 35.1 Å². The monoisotopic (exact) mass is 403 g/mol. The molecule has 0 bridgehead atoms. The van der Waals surface area contributed by atoms with E-state index in [4.69, 9.17) is 0 Å². The summed E-state index contributed by atoms with van der Waals surface area (Å²) in [4.78, 5) is 24.4.